The minimum absolute atomic E-state index is 0.0907. The van der Waals surface area contributed by atoms with Gasteiger partial charge in [-0.25, -0.2) is 4.98 Å². The molecule has 0 aliphatic carbocycles. The van der Waals surface area contributed by atoms with E-state index in [1.54, 1.807) is 0 Å². The normalized spacial score (nSPS) is 11.4. The number of halogens is 4. The van der Waals surface area contributed by atoms with E-state index in [4.69, 9.17) is 0 Å². The van der Waals surface area contributed by atoms with Gasteiger partial charge in [-0.3, -0.25) is 10.1 Å². The molecular weight excluding hydrogens is 208 g/mol. The van der Waals surface area contributed by atoms with Crippen LogP contribution in [-0.2, 0) is 6.18 Å². The summed E-state index contributed by atoms with van der Waals surface area (Å²) in [6, 6.07) is 0.128. The van der Waals surface area contributed by atoms with E-state index >= 15 is 0 Å². The minimum Gasteiger partial charge on any atom is -0.258 e. The first-order valence-electron chi connectivity index (χ1n) is 3.19. The summed E-state index contributed by atoms with van der Waals surface area (Å²) >= 11 is 0. The number of alkyl halides is 3. The molecule has 1 rings (SSSR count). The molecule has 0 spiro atoms. The number of rotatable bonds is 1. The molecule has 0 saturated heterocycles. The van der Waals surface area contributed by atoms with Crippen molar-refractivity contribution >= 4 is 5.69 Å². The fourth-order valence-electron chi connectivity index (χ4n) is 0.790. The Balaban J connectivity index is 3.37. The summed E-state index contributed by atoms with van der Waals surface area (Å²) in [7, 11) is 0. The van der Waals surface area contributed by atoms with Crippen molar-refractivity contribution in [3.8, 4) is 0 Å². The van der Waals surface area contributed by atoms with Crippen LogP contribution in [0.3, 0.4) is 0 Å². The molecule has 0 aromatic carbocycles. The van der Waals surface area contributed by atoms with Crippen LogP contribution in [-0.4, -0.2) is 9.91 Å². The van der Waals surface area contributed by atoms with Gasteiger partial charge < -0.3 is 0 Å². The second-order valence-corrected chi connectivity index (χ2v) is 2.28. The minimum atomic E-state index is -4.91. The van der Waals surface area contributed by atoms with Crippen molar-refractivity contribution in [2.45, 2.75) is 6.18 Å². The van der Waals surface area contributed by atoms with Crippen molar-refractivity contribution in [2.75, 3.05) is 0 Å². The molecule has 1 aromatic rings. The van der Waals surface area contributed by atoms with Gasteiger partial charge in [-0.05, 0) is 0 Å². The maximum atomic E-state index is 12.3. The summed E-state index contributed by atoms with van der Waals surface area (Å²) in [5, 5.41) is 10.1. The monoisotopic (exact) mass is 210 g/mol. The molecule has 0 atom stereocenters. The largest absolute Gasteiger partial charge is 0.424 e. The zero-order chi connectivity index (χ0) is 10.9. The fourth-order valence-corrected chi connectivity index (χ4v) is 0.790. The van der Waals surface area contributed by atoms with E-state index in [2.05, 4.69) is 4.98 Å². The molecular formula is C6H2F4N2O2. The molecule has 4 nitrogen and oxygen atoms in total. The number of aromatic nitrogens is 1. The van der Waals surface area contributed by atoms with Gasteiger partial charge in [0.2, 0.25) is 5.95 Å². The number of pyridine rings is 1. The van der Waals surface area contributed by atoms with E-state index in [0.29, 0.717) is 0 Å². The Kier molecular flexibility index (Phi) is 2.37. The van der Waals surface area contributed by atoms with E-state index in [-0.39, 0.29) is 12.3 Å². The van der Waals surface area contributed by atoms with E-state index in [0.717, 1.165) is 0 Å². The average Bonchev–Trinajstić information content (AvgIpc) is 2.01. The Labute approximate surface area is 74.3 Å². The third kappa shape index (κ3) is 1.95. The van der Waals surface area contributed by atoms with Gasteiger partial charge in [-0.15, -0.1) is 0 Å². The van der Waals surface area contributed by atoms with Gasteiger partial charge in [0, 0.05) is 6.20 Å². The van der Waals surface area contributed by atoms with E-state index in [9.17, 15) is 27.7 Å². The lowest BCUT2D eigenvalue weighted by atomic mass is 10.2. The molecule has 0 fully saturated rings. The zero-order valence-corrected chi connectivity index (χ0v) is 6.38. The van der Waals surface area contributed by atoms with Crippen LogP contribution in [0.1, 0.15) is 5.56 Å². The lowest BCUT2D eigenvalue weighted by Crippen LogP contribution is -2.10. The van der Waals surface area contributed by atoms with E-state index < -0.39 is 28.3 Å². The van der Waals surface area contributed by atoms with Gasteiger partial charge in [0.1, 0.15) is 0 Å². The lowest BCUT2D eigenvalue weighted by Gasteiger charge is -2.05. The van der Waals surface area contributed by atoms with Crippen molar-refractivity contribution in [1.82, 2.24) is 4.98 Å². The summed E-state index contributed by atoms with van der Waals surface area (Å²) in [5.41, 5.74) is -2.91. The predicted molar refractivity (Wildman–Crippen MR) is 35.9 cm³/mol. The number of nitrogens with zero attached hydrogens (tertiary/aromatic N) is 2. The molecule has 0 aliphatic rings. The SMILES string of the molecule is O=[N+]([O-])c1cc(F)ncc1C(F)(F)F. The van der Waals surface area contributed by atoms with Crippen molar-refractivity contribution in [3.63, 3.8) is 0 Å². The first-order valence-corrected chi connectivity index (χ1v) is 3.19. The number of hydrogen-bond donors (Lipinski definition) is 0. The first-order chi connectivity index (χ1) is 6.32. The van der Waals surface area contributed by atoms with Gasteiger partial charge in [0.25, 0.3) is 5.69 Å². The summed E-state index contributed by atoms with van der Waals surface area (Å²) in [5.74, 6) is -1.33. The molecule has 14 heavy (non-hydrogen) atoms. The Morgan fingerprint density at radius 1 is 1.43 bits per heavy atom. The smallest absolute Gasteiger partial charge is 0.258 e. The maximum Gasteiger partial charge on any atom is 0.424 e. The number of hydrogen-bond acceptors (Lipinski definition) is 3. The predicted octanol–water partition coefficient (Wildman–Crippen LogP) is 2.15. The van der Waals surface area contributed by atoms with Crippen LogP contribution in [0.4, 0.5) is 23.2 Å². The maximum absolute atomic E-state index is 12.3. The first kappa shape index (κ1) is 10.4. The molecule has 76 valence electrons. The van der Waals surface area contributed by atoms with Gasteiger partial charge >= 0.3 is 6.18 Å². The van der Waals surface area contributed by atoms with Crippen LogP contribution in [0.2, 0.25) is 0 Å². The van der Waals surface area contributed by atoms with Crippen LogP contribution in [0.15, 0.2) is 12.3 Å². The molecule has 8 heteroatoms. The summed E-state index contributed by atoms with van der Waals surface area (Å²) in [6.07, 6.45) is -4.82. The van der Waals surface area contributed by atoms with E-state index in [1.807, 2.05) is 0 Å². The standard InChI is InChI=1S/C6H2F4N2O2/c7-5-1-4(12(13)14)3(2-11-5)6(8,9)10/h1-2H. The zero-order valence-electron chi connectivity index (χ0n) is 6.38. The summed E-state index contributed by atoms with van der Waals surface area (Å²) in [6.45, 7) is 0. The third-order valence-corrected chi connectivity index (χ3v) is 1.35. The van der Waals surface area contributed by atoms with Crippen LogP contribution in [0, 0.1) is 16.1 Å². The molecule has 0 N–H and O–H groups in total. The van der Waals surface area contributed by atoms with Crippen molar-refractivity contribution in [3.05, 3.63) is 33.9 Å². The lowest BCUT2D eigenvalue weighted by molar-refractivity contribution is -0.388. The Hall–Kier alpha value is -1.73. The van der Waals surface area contributed by atoms with Gasteiger partial charge in [-0.1, -0.05) is 0 Å². The van der Waals surface area contributed by atoms with Crippen LogP contribution in [0.5, 0.6) is 0 Å². The molecule has 1 aromatic heterocycles. The summed E-state index contributed by atoms with van der Waals surface area (Å²) in [4.78, 5) is 11.5. The highest BCUT2D eigenvalue weighted by Gasteiger charge is 2.39. The molecule has 1 heterocycles. The molecule has 0 radical (unpaired) electrons. The third-order valence-electron chi connectivity index (χ3n) is 1.35. The molecule has 0 bridgehead atoms. The Morgan fingerprint density at radius 3 is 2.43 bits per heavy atom. The van der Waals surface area contributed by atoms with Crippen LogP contribution >= 0.6 is 0 Å². The van der Waals surface area contributed by atoms with Gasteiger partial charge in [-0.2, -0.15) is 17.6 Å². The van der Waals surface area contributed by atoms with Gasteiger partial charge in [0.15, 0.2) is 5.56 Å². The second kappa shape index (κ2) is 3.20. The van der Waals surface area contributed by atoms with Gasteiger partial charge in [0.05, 0.1) is 11.0 Å². The molecule has 0 saturated carbocycles. The van der Waals surface area contributed by atoms with Crippen LogP contribution in [0.25, 0.3) is 0 Å². The Morgan fingerprint density at radius 2 is 2.00 bits per heavy atom. The highest BCUT2D eigenvalue weighted by atomic mass is 19.4. The topological polar surface area (TPSA) is 56.0 Å². The van der Waals surface area contributed by atoms with E-state index in [1.165, 1.54) is 0 Å². The summed E-state index contributed by atoms with van der Waals surface area (Å²) < 4.78 is 48.5. The average molecular weight is 210 g/mol. The van der Waals surface area contributed by atoms with Crippen LogP contribution < -0.4 is 0 Å². The second-order valence-electron chi connectivity index (χ2n) is 2.28. The highest BCUT2D eigenvalue weighted by molar-refractivity contribution is 5.39. The van der Waals surface area contributed by atoms with Crippen molar-refractivity contribution in [2.24, 2.45) is 0 Å². The quantitative estimate of drug-likeness (QED) is 0.309. The molecule has 0 unspecified atom stereocenters. The highest BCUT2D eigenvalue weighted by Crippen LogP contribution is 2.35. The van der Waals surface area contributed by atoms with Crippen molar-refractivity contribution < 1.29 is 22.5 Å². The fraction of sp³-hybridized carbons (Fsp3) is 0.167. The Bertz CT molecular complexity index is 377. The molecule has 0 aliphatic heterocycles. The number of nitro groups is 1. The molecule has 0 amide bonds. The van der Waals surface area contributed by atoms with Crippen molar-refractivity contribution in [1.29, 1.82) is 0 Å².